The van der Waals surface area contributed by atoms with Crippen molar-refractivity contribution in [3.63, 3.8) is 0 Å². The summed E-state index contributed by atoms with van der Waals surface area (Å²) >= 11 is 0. The minimum Gasteiger partial charge on any atom is -0.293 e. The molecule has 2 aromatic carbocycles. The van der Waals surface area contributed by atoms with Crippen LogP contribution in [0.1, 0.15) is 23.6 Å². The lowest BCUT2D eigenvalue weighted by atomic mass is 9.96. The molecule has 5 rings (SSSR count). The number of hydrogen-bond donors (Lipinski definition) is 0. The molecule has 0 spiro atoms. The lowest BCUT2D eigenvalue weighted by Gasteiger charge is -2.41. The summed E-state index contributed by atoms with van der Waals surface area (Å²) in [5, 5.41) is 9.11. The highest BCUT2D eigenvalue weighted by Crippen LogP contribution is 2.34. The lowest BCUT2D eigenvalue weighted by Crippen LogP contribution is -2.51. The number of piperazine rings is 1. The van der Waals surface area contributed by atoms with Crippen molar-refractivity contribution in [2.24, 2.45) is 7.05 Å². The second-order valence-corrected chi connectivity index (χ2v) is 11.4. The van der Waals surface area contributed by atoms with E-state index < -0.39 is 28.7 Å². The largest absolute Gasteiger partial charge is 0.390 e. The van der Waals surface area contributed by atoms with Crippen LogP contribution in [0.4, 0.5) is 17.6 Å². The van der Waals surface area contributed by atoms with Crippen molar-refractivity contribution in [2.45, 2.75) is 30.5 Å². The molecule has 1 saturated heterocycles. The normalized spacial score (nSPS) is 17.9. The summed E-state index contributed by atoms with van der Waals surface area (Å²) in [4.78, 5) is 1.73. The molecular weight excluding hydrogens is 524 g/mol. The zero-order chi connectivity index (χ0) is 27.2. The fourth-order valence-electron chi connectivity index (χ4n) is 4.87. The molecule has 1 fully saturated rings. The third kappa shape index (κ3) is 5.18. The van der Waals surface area contributed by atoms with E-state index in [0.717, 1.165) is 22.0 Å². The van der Waals surface area contributed by atoms with Crippen LogP contribution in [0.3, 0.4) is 0 Å². The summed E-state index contributed by atoms with van der Waals surface area (Å²) in [6.07, 6.45) is -1.03. The monoisotopic (exact) mass is 550 g/mol. The van der Waals surface area contributed by atoms with Crippen LogP contribution < -0.4 is 0 Å². The molecule has 0 radical (unpaired) electrons. The summed E-state index contributed by atoms with van der Waals surface area (Å²) in [6, 6.07) is 9.00. The average Bonchev–Trinajstić information content (AvgIpc) is 3.48. The van der Waals surface area contributed by atoms with Gasteiger partial charge in [0.05, 0.1) is 30.0 Å². The molecule has 0 bridgehead atoms. The molecule has 0 saturated carbocycles. The van der Waals surface area contributed by atoms with Crippen molar-refractivity contribution in [1.29, 1.82) is 0 Å². The van der Waals surface area contributed by atoms with Gasteiger partial charge in [-0.15, -0.1) is 0 Å². The maximum atomic E-state index is 13.4. The van der Waals surface area contributed by atoms with Crippen LogP contribution in [0, 0.1) is 12.7 Å². The Labute approximate surface area is 217 Å². The summed E-state index contributed by atoms with van der Waals surface area (Å²) in [6.45, 7) is 1.80. The zero-order valence-electron chi connectivity index (χ0n) is 20.7. The van der Waals surface area contributed by atoms with Gasteiger partial charge in [0.15, 0.2) is 0 Å². The predicted molar refractivity (Wildman–Crippen MR) is 133 cm³/mol. The van der Waals surface area contributed by atoms with Crippen LogP contribution in [0.15, 0.2) is 59.9 Å². The average molecular weight is 551 g/mol. The van der Waals surface area contributed by atoms with Crippen molar-refractivity contribution in [1.82, 2.24) is 28.8 Å². The molecule has 4 aromatic rings. The Morgan fingerprint density at radius 1 is 1.05 bits per heavy atom. The first kappa shape index (κ1) is 26.3. The van der Waals surface area contributed by atoms with Crippen molar-refractivity contribution in [3.8, 4) is 5.69 Å². The molecule has 8 nitrogen and oxygen atoms in total. The Morgan fingerprint density at radius 2 is 1.79 bits per heavy atom. The van der Waals surface area contributed by atoms with Gasteiger partial charge in [0.25, 0.3) is 0 Å². The number of alkyl halides is 3. The van der Waals surface area contributed by atoms with Crippen LogP contribution in [-0.2, 0) is 17.1 Å². The topological polar surface area (TPSA) is 76.3 Å². The number of fused-ring (bicyclic) bond motifs is 1. The quantitative estimate of drug-likeness (QED) is 0.337. The number of aryl methyl sites for hydroxylation is 2. The Kier molecular flexibility index (Phi) is 6.78. The number of halogens is 4. The van der Waals surface area contributed by atoms with Crippen molar-refractivity contribution in [2.75, 3.05) is 26.2 Å². The summed E-state index contributed by atoms with van der Waals surface area (Å²) in [7, 11) is -2.27. The molecule has 1 aliphatic heterocycles. The van der Waals surface area contributed by atoms with E-state index in [9.17, 15) is 26.0 Å². The molecule has 2 aromatic heterocycles. The number of rotatable bonds is 6. The van der Waals surface area contributed by atoms with Crippen molar-refractivity contribution in [3.05, 3.63) is 71.9 Å². The highest BCUT2D eigenvalue weighted by Gasteiger charge is 2.38. The van der Waals surface area contributed by atoms with Crippen LogP contribution in [-0.4, -0.2) is 69.5 Å². The molecular formula is C25H26F4N6O2S. The fraction of sp³-hybridized carbons (Fsp3) is 0.360. The molecule has 1 unspecified atom stereocenters. The van der Waals surface area contributed by atoms with E-state index in [1.54, 1.807) is 35.0 Å². The number of nitrogens with zero attached hydrogens (tertiary/aromatic N) is 6. The van der Waals surface area contributed by atoms with Crippen molar-refractivity contribution >= 4 is 20.9 Å². The third-order valence-corrected chi connectivity index (χ3v) is 8.66. The lowest BCUT2D eigenvalue weighted by molar-refractivity contribution is -0.140. The Hall–Kier alpha value is -3.29. The number of sulfonamides is 1. The standard InChI is InChI=1S/C25H26F4N6O2S/c1-17-11-23-18(13-31-35(23)20-5-3-19(26)4-6-20)12-22(17)24-16-34(10-9-33(24)8-7-25(27,28)29)38(36,37)21-14-30-32(2)15-21/h3-6,11-15,24H,7-10,16H2,1-2H3. The summed E-state index contributed by atoms with van der Waals surface area (Å²) in [5.74, 6) is -0.370. The first-order valence-electron chi connectivity index (χ1n) is 12.0. The van der Waals surface area contributed by atoms with Gasteiger partial charge in [-0.25, -0.2) is 17.5 Å². The number of benzene rings is 2. The Balaban J connectivity index is 1.52. The maximum absolute atomic E-state index is 13.4. The van der Waals surface area contributed by atoms with E-state index in [2.05, 4.69) is 10.2 Å². The van der Waals surface area contributed by atoms with Gasteiger partial charge < -0.3 is 0 Å². The second kappa shape index (κ2) is 9.79. The summed E-state index contributed by atoms with van der Waals surface area (Å²) < 4.78 is 83.8. The van der Waals surface area contributed by atoms with Gasteiger partial charge in [0.1, 0.15) is 10.7 Å². The van der Waals surface area contributed by atoms with Gasteiger partial charge in [0, 0.05) is 50.9 Å². The van der Waals surface area contributed by atoms with Crippen LogP contribution >= 0.6 is 0 Å². The number of aromatic nitrogens is 4. The molecule has 202 valence electrons. The highest BCUT2D eigenvalue weighted by molar-refractivity contribution is 7.89. The molecule has 0 N–H and O–H groups in total. The van der Waals surface area contributed by atoms with Gasteiger partial charge in [-0.05, 0) is 54.4 Å². The van der Waals surface area contributed by atoms with E-state index in [0.29, 0.717) is 5.69 Å². The maximum Gasteiger partial charge on any atom is 0.390 e. The first-order valence-corrected chi connectivity index (χ1v) is 13.4. The SMILES string of the molecule is Cc1cc2c(cnn2-c2ccc(F)cc2)cc1C1CN(S(=O)(=O)c2cnn(C)c2)CCN1CCC(F)(F)F. The minimum atomic E-state index is -4.33. The van der Waals surface area contributed by atoms with E-state index in [1.807, 2.05) is 19.1 Å². The molecule has 3 heterocycles. The molecule has 38 heavy (non-hydrogen) atoms. The second-order valence-electron chi connectivity index (χ2n) is 9.43. The fourth-order valence-corrected chi connectivity index (χ4v) is 6.29. The predicted octanol–water partition coefficient (Wildman–Crippen LogP) is 4.21. The first-order chi connectivity index (χ1) is 17.9. The Morgan fingerprint density at radius 3 is 2.45 bits per heavy atom. The third-order valence-electron chi connectivity index (χ3n) is 6.84. The van der Waals surface area contributed by atoms with Crippen LogP contribution in [0.2, 0.25) is 0 Å². The highest BCUT2D eigenvalue weighted by atomic mass is 32.2. The zero-order valence-corrected chi connectivity index (χ0v) is 21.5. The van der Waals surface area contributed by atoms with Gasteiger partial charge in [-0.1, -0.05) is 0 Å². The van der Waals surface area contributed by atoms with E-state index in [-0.39, 0.29) is 36.9 Å². The van der Waals surface area contributed by atoms with E-state index in [1.165, 1.54) is 33.5 Å². The molecule has 1 aliphatic rings. The van der Waals surface area contributed by atoms with Crippen LogP contribution in [0.25, 0.3) is 16.6 Å². The van der Waals surface area contributed by atoms with Gasteiger partial charge >= 0.3 is 6.18 Å². The van der Waals surface area contributed by atoms with Gasteiger partial charge in [-0.2, -0.15) is 27.7 Å². The van der Waals surface area contributed by atoms with E-state index in [4.69, 9.17) is 0 Å². The molecule has 0 aliphatic carbocycles. The number of hydrogen-bond acceptors (Lipinski definition) is 5. The van der Waals surface area contributed by atoms with E-state index >= 15 is 0 Å². The van der Waals surface area contributed by atoms with Gasteiger partial charge in [-0.3, -0.25) is 9.58 Å². The molecule has 0 amide bonds. The van der Waals surface area contributed by atoms with Crippen molar-refractivity contribution < 1.29 is 26.0 Å². The van der Waals surface area contributed by atoms with Crippen LogP contribution in [0.5, 0.6) is 0 Å². The smallest absolute Gasteiger partial charge is 0.293 e. The molecule has 1 atom stereocenters. The Bertz CT molecular complexity index is 1560. The van der Waals surface area contributed by atoms with Gasteiger partial charge in [0.2, 0.25) is 10.0 Å². The molecule has 13 heteroatoms. The minimum absolute atomic E-state index is 0.00642. The summed E-state index contributed by atoms with van der Waals surface area (Å²) in [5.41, 5.74) is 2.91.